The lowest BCUT2D eigenvalue weighted by atomic mass is 10.0. The van der Waals surface area contributed by atoms with E-state index in [0.717, 1.165) is 12.2 Å². The van der Waals surface area contributed by atoms with Crippen molar-refractivity contribution < 1.29 is 0 Å². The first-order valence-corrected chi connectivity index (χ1v) is 7.09. The summed E-state index contributed by atoms with van der Waals surface area (Å²) in [4.78, 5) is 10.8. The number of nitrogens with one attached hydrogen (secondary N) is 1. The van der Waals surface area contributed by atoms with Crippen molar-refractivity contribution in [3.05, 3.63) is 24.3 Å². The van der Waals surface area contributed by atoms with Gasteiger partial charge >= 0.3 is 0 Å². The zero-order valence-corrected chi connectivity index (χ0v) is 11.3. The predicted molar refractivity (Wildman–Crippen MR) is 73.2 cm³/mol. The molecule has 2 rings (SSSR count). The smallest absolute Gasteiger partial charge is 0.115 e. The summed E-state index contributed by atoms with van der Waals surface area (Å²) in [5, 5.41) is 3.60. The predicted octanol–water partition coefficient (Wildman–Crippen LogP) is 1.83. The number of hydrogen-bond donors (Lipinski definition) is 1. The van der Waals surface area contributed by atoms with Gasteiger partial charge in [-0.25, -0.2) is 9.97 Å². The molecule has 0 radical (unpaired) electrons. The Kier molecular flexibility index (Phi) is 5.55. The number of rotatable bonds is 6. The van der Waals surface area contributed by atoms with E-state index < -0.39 is 0 Å². The molecule has 100 valence electrons. The highest BCUT2D eigenvalue weighted by molar-refractivity contribution is 4.97. The normalized spacial score (nSPS) is 18.1. The van der Waals surface area contributed by atoms with E-state index in [4.69, 9.17) is 0 Å². The van der Waals surface area contributed by atoms with Gasteiger partial charge in [-0.05, 0) is 45.0 Å². The van der Waals surface area contributed by atoms with Crippen molar-refractivity contribution in [2.75, 3.05) is 19.6 Å². The van der Waals surface area contributed by atoms with Crippen LogP contribution in [0, 0.1) is 0 Å². The monoisotopic (exact) mass is 248 g/mol. The second-order valence-corrected chi connectivity index (χ2v) is 5.05. The first-order chi connectivity index (χ1) is 8.88. The van der Waals surface area contributed by atoms with Crippen molar-refractivity contribution in [1.29, 1.82) is 0 Å². The average molecular weight is 248 g/mol. The van der Waals surface area contributed by atoms with E-state index in [-0.39, 0.29) is 0 Å². The molecule has 0 atom stereocenters. The van der Waals surface area contributed by atoms with Crippen LogP contribution in [0.2, 0.25) is 0 Å². The van der Waals surface area contributed by atoms with Gasteiger partial charge in [0, 0.05) is 18.8 Å². The second-order valence-electron chi connectivity index (χ2n) is 5.05. The summed E-state index contributed by atoms with van der Waals surface area (Å²) in [7, 11) is 0. The molecule has 0 saturated carbocycles. The quantitative estimate of drug-likeness (QED) is 0.834. The van der Waals surface area contributed by atoms with Crippen molar-refractivity contribution >= 4 is 0 Å². The molecule has 1 aliphatic heterocycles. The van der Waals surface area contributed by atoms with Crippen LogP contribution in [0.3, 0.4) is 0 Å². The van der Waals surface area contributed by atoms with E-state index >= 15 is 0 Å². The van der Waals surface area contributed by atoms with Gasteiger partial charge < -0.3 is 10.2 Å². The Morgan fingerprint density at radius 3 is 2.89 bits per heavy atom. The van der Waals surface area contributed by atoms with E-state index in [2.05, 4.69) is 27.1 Å². The molecule has 1 N–H and O–H groups in total. The van der Waals surface area contributed by atoms with E-state index in [9.17, 15) is 0 Å². The number of piperidine rings is 1. The minimum atomic E-state index is 0.651. The lowest BCUT2D eigenvalue weighted by molar-refractivity contribution is 0.194. The molecule has 0 bridgehead atoms. The fourth-order valence-electron chi connectivity index (χ4n) is 2.41. The van der Waals surface area contributed by atoms with Crippen LogP contribution in [-0.2, 0) is 6.54 Å². The van der Waals surface area contributed by atoms with Crippen LogP contribution >= 0.6 is 0 Å². The van der Waals surface area contributed by atoms with Gasteiger partial charge in [-0.3, -0.25) is 0 Å². The van der Waals surface area contributed by atoms with Gasteiger partial charge in [0.15, 0.2) is 0 Å². The third-order valence-electron chi connectivity index (χ3n) is 3.63. The van der Waals surface area contributed by atoms with E-state index in [1.807, 2.05) is 6.07 Å². The van der Waals surface area contributed by atoms with Crippen LogP contribution in [0.1, 0.15) is 38.3 Å². The maximum atomic E-state index is 4.23. The standard InChI is InChI=1S/C14H24N4/c1-2-3-8-18-9-5-13(6-10-18)16-11-14-4-7-15-12-17-14/h4,7,12-13,16H,2-3,5-6,8-11H2,1H3. The summed E-state index contributed by atoms with van der Waals surface area (Å²) in [5.74, 6) is 0. The van der Waals surface area contributed by atoms with Gasteiger partial charge in [0.2, 0.25) is 0 Å². The topological polar surface area (TPSA) is 41.0 Å². The second kappa shape index (κ2) is 7.44. The number of likely N-dealkylation sites (tertiary alicyclic amines) is 1. The molecule has 1 aromatic rings. The Balaban J connectivity index is 1.65. The number of aromatic nitrogens is 2. The van der Waals surface area contributed by atoms with Gasteiger partial charge in [-0.15, -0.1) is 0 Å². The van der Waals surface area contributed by atoms with Crippen molar-refractivity contribution in [2.24, 2.45) is 0 Å². The van der Waals surface area contributed by atoms with Crippen molar-refractivity contribution in [2.45, 2.75) is 45.2 Å². The molecule has 0 amide bonds. The molecule has 0 spiro atoms. The van der Waals surface area contributed by atoms with Crippen LogP contribution in [0.15, 0.2) is 18.6 Å². The zero-order valence-electron chi connectivity index (χ0n) is 11.3. The summed E-state index contributed by atoms with van der Waals surface area (Å²) < 4.78 is 0. The maximum Gasteiger partial charge on any atom is 0.115 e. The summed E-state index contributed by atoms with van der Waals surface area (Å²) in [6.07, 6.45) is 8.57. The third kappa shape index (κ3) is 4.35. The van der Waals surface area contributed by atoms with Gasteiger partial charge in [0.25, 0.3) is 0 Å². The molecule has 4 nitrogen and oxygen atoms in total. The molecule has 1 aromatic heterocycles. The number of unbranched alkanes of at least 4 members (excludes halogenated alkanes) is 1. The minimum Gasteiger partial charge on any atom is -0.308 e. The largest absolute Gasteiger partial charge is 0.308 e. The molecule has 0 aliphatic carbocycles. The van der Waals surface area contributed by atoms with Crippen LogP contribution in [0.5, 0.6) is 0 Å². The Labute approximate surface area is 110 Å². The van der Waals surface area contributed by atoms with E-state index in [1.54, 1.807) is 12.5 Å². The van der Waals surface area contributed by atoms with Crippen molar-refractivity contribution in [3.63, 3.8) is 0 Å². The van der Waals surface area contributed by atoms with Gasteiger partial charge in [0.1, 0.15) is 6.33 Å². The van der Waals surface area contributed by atoms with Crippen LogP contribution < -0.4 is 5.32 Å². The summed E-state index contributed by atoms with van der Waals surface area (Å²) in [6, 6.07) is 2.63. The fourth-order valence-corrected chi connectivity index (χ4v) is 2.41. The fraction of sp³-hybridized carbons (Fsp3) is 0.714. The van der Waals surface area contributed by atoms with Gasteiger partial charge in [-0.2, -0.15) is 0 Å². The lowest BCUT2D eigenvalue weighted by Crippen LogP contribution is -2.42. The highest BCUT2D eigenvalue weighted by Gasteiger charge is 2.17. The molecule has 4 heteroatoms. The first-order valence-electron chi connectivity index (χ1n) is 7.09. The van der Waals surface area contributed by atoms with Crippen LogP contribution in [-0.4, -0.2) is 40.5 Å². The van der Waals surface area contributed by atoms with Gasteiger partial charge in [0.05, 0.1) is 5.69 Å². The summed E-state index contributed by atoms with van der Waals surface area (Å²) >= 11 is 0. The molecule has 18 heavy (non-hydrogen) atoms. The SMILES string of the molecule is CCCCN1CCC(NCc2ccncn2)CC1. The van der Waals surface area contributed by atoms with Gasteiger partial charge in [-0.1, -0.05) is 13.3 Å². The molecule has 1 saturated heterocycles. The Bertz CT molecular complexity index is 320. The maximum absolute atomic E-state index is 4.23. The van der Waals surface area contributed by atoms with E-state index in [0.29, 0.717) is 6.04 Å². The van der Waals surface area contributed by atoms with Crippen LogP contribution in [0.25, 0.3) is 0 Å². The number of nitrogens with zero attached hydrogens (tertiary/aromatic N) is 3. The molecule has 0 unspecified atom stereocenters. The highest BCUT2D eigenvalue weighted by atomic mass is 15.1. The molecule has 0 aromatic carbocycles. The average Bonchev–Trinajstić information content (AvgIpc) is 2.45. The third-order valence-corrected chi connectivity index (χ3v) is 3.63. The van der Waals surface area contributed by atoms with Crippen LogP contribution in [0.4, 0.5) is 0 Å². The molecule has 2 heterocycles. The Morgan fingerprint density at radius 1 is 1.39 bits per heavy atom. The molecular weight excluding hydrogens is 224 g/mol. The summed E-state index contributed by atoms with van der Waals surface area (Å²) in [6.45, 7) is 6.87. The number of hydrogen-bond acceptors (Lipinski definition) is 4. The zero-order chi connectivity index (χ0) is 12.6. The Hall–Kier alpha value is -1.00. The van der Waals surface area contributed by atoms with Crippen molar-refractivity contribution in [1.82, 2.24) is 20.2 Å². The highest BCUT2D eigenvalue weighted by Crippen LogP contribution is 2.11. The first kappa shape index (κ1) is 13.4. The van der Waals surface area contributed by atoms with Crippen molar-refractivity contribution in [3.8, 4) is 0 Å². The Morgan fingerprint density at radius 2 is 2.22 bits per heavy atom. The van der Waals surface area contributed by atoms with E-state index in [1.165, 1.54) is 45.3 Å². The minimum absolute atomic E-state index is 0.651. The molecule has 1 aliphatic rings. The summed E-state index contributed by atoms with van der Waals surface area (Å²) in [5.41, 5.74) is 1.08. The molecular formula is C14H24N4. The lowest BCUT2D eigenvalue weighted by Gasteiger charge is -2.32. The molecule has 1 fully saturated rings.